The van der Waals surface area contributed by atoms with E-state index in [-0.39, 0.29) is 5.82 Å². The molecule has 1 saturated carbocycles. The third-order valence-corrected chi connectivity index (χ3v) is 5.81. The fraction of sp³-hybridized carbons (Fsp3) is 0.647. The van der Waals surface area contributed by atoms with Gasteiger partial charge in [0.2, 0.25) is 0 Å². The van der Waals surface area contributed by atoms with Gasteiger partial charge >= 0.3 is 0 Å². The van der Waals surface area contributed by atoms with E-state index in [0.717, 1.165) is 18.5 Å². The van der Waals surface area contributed by atoms with Gasteiger partial charge in [-0.2, -0.15) is 0 Å². The number of benzene rings is 1. The molecule has 0 bridgehead atoms. The van der Waals surface area contributed by atoms with Crippen LogP contribution in [-0.4, -0.2) is 12.6 Å². The summed E-state index contributed by atoms with van der Waals surface area (Å²) in [7, 11) is 0. The van der Waals surface area contributed by atoms with E-state index in [1.54, 1.807) is 0 Å². The van der Waals surface area contributed by atoms with Crippen LogP contribution in [0.4, 0.5) is 4.39 Å². The average molecular weight is 298 g/mol. The Morgan fingerprint density at radius 1 is 1.25 bits per heavy atom. The van der Waals surface area contributed by atoms with Crippen LogP contribution in [-0.2, 0) is 6.42 Å². The van der Waals surface area contributed by atoms with Gasteiger partial charge in [-0.1, -0.05) is 52.3 Å². The van der Waals surface area contributed by atoms with E-state index in [1.807, 2.05) is 6.07 Å². The van der Waals surface area contributed by atoms with Crippen LogP contribution in [0.5, 0.6) is 0 Å². The van der Waals surface area contributed by atoms with Crippen molar-refractivity contribution < 1.29 is 4.39 Å². The van der Waals surface area contributed by atoms with Crippen molar-refractivity contribution in [3.05, 3.63) is 34.6 Å². The first-order chi connectivity index (χ1) is 9.21. The molecule has 0 aliphatic heterocycles. The molecule has 1 unspecified atom stereocenters. The fourth-order valence-electron chi connectivity index (χ4n) is 3.75. The Labute approximate surface area is 126 Å². The summed E-state index contributed by atoms with van der Waals surface area (Å²) in [5, 5.41) is 4.13. The maximum atomic E-state index is 13.2. The summed E-state index contributed by atoms with van der Waals surface area (Å²) in [5.74, 6) is 0.335. The molecule has 112 valence electrons. The second-order valence-electron chi connectivity index (χ2n) is 7.03. The molecule has 20 heavy (non-hydrogen) atoms. The molecule has 1 aromatic rings. The highest BCUT2D eigenvalue weighted by molar-refractivity contribution is 6.31. The molecule has 1 N–H and O–H groups in total. The minimum Gasteiger partial charge on any atom is -0.314 e. The average Bonchev–Trinajstić information content (AvgIpc) is 2.72. The Hall–Kier alpha value is -0.600. The third-order valence-electron chi connectivity index (χ3n) is 5.46. The summed E-state index contributed by atoms with van der Waals surface area (Å²) in [6.07, 6.45) is 0.852. The SMILES string of the molecule is CCNC(Cc1ccc(F)cc1Cl)C1C(C)(C)C1(C)C. The first kappa shape index (κ1) is 15.8. The Kier molecular flexibility index (Phi) is 4.19. The zero-order valence-electron chi connectivity index (χ0n) is 13.1. The van der Waals surface area contributed by atoms with E-state index < -0.39 is 0 Å². The minimum atomic E-state index is -0.272. The highest BCUT2D eigenvalue weighted by atomic mass is 35.5. The lowest BCUT2D eigenvalue weighted by Crippen LogP contribution is -2.35. The van der Waals surface area contributed by atoms with Gasteiger partial charge in [-0.3, -0.25) is 0 Å². The van der Waals surface area contributed by atoms with Crippen LogP contribution < -0.4 is 5.32 Å². The molecule has 1 aromatic carbocycles. The molecule has 0 radical (unpaired) electrons. The van der Waals surface area contributed by atoms with Crippen molar-refractivity contribution in [3.8, 4) is 0 Å². The molecule has 1 atom stereocenters. The summed E-state index contributed by atoms with van der Waals surface area (Å²) >= 11 is 6.17. The predicted molar refractivity (Wildman–Crippen MR) is 83.6 cm³/mol. The number of rotatable bonds is 5. The molecule has 0 heterocycles. The van der Waals surface area contributed by atoms with Crippen molar-refractivity contribution in [2.75, 3.05) is 6.54 Å². The highest BCUT2D eigenvalue weighted by Gasteiger charge is 2.66. The Morgan fingerprint density at radius 2 is 1.85 bits per heavy atom. The predicted octanol–water partition coefficient (Wildman–Crippen LogP) is 4.68. The van der Waals surface area contributed by atoms with Gasteiger partial charge in [0.05, 0.1) is 0 Å². The Balaban J connectivity index is 2.19. The van der Waals surface area contributed by atoms with Crippen molar-refractivity contribution in [1.29, 1.82) is 0 Å². The largest absolute Gasteiger partial charge is 0.314 e. The summed E-state index contributed by atoms with van der Waals surface area (Å²) < 4.78 is 13.2. The van der Waals surface area contributed by atoms with Gasteiger partial charge < -0.3 is 5.32 Å². The summed E-state index contributed by atoms with van der Waals surface area (Å²) in [6, 6.07) is 5.09. The smallest absolute Gasteiger partial charge is 0.124 e. The van der Waals surface area contributed by atoms with Gasteiger partial charge in [0.15, 0.2) is 0 Å². The van der Waals surface area contributed by atoms with Crippen molar-refractivity contribution in [3.63, 3.8) is 0 Å². The Morgan fingerprint density at radius 3 is 2.30 bits per heavy atom. The maximum absolute atomic E-state index is 13.2. The lowest BCUT2D eigenvalue weighted by molar-refractivity contribution is 0.403. The second kappa shape index (κ2) is 5.31. The number of nitrogens with one attached hydrogen (secondary N) is 1. The monoisotopic (exact) mass is 297 g/mol. The van der Waals surface area contributed by atoms with Gasteiger partial charge in [-0.25, -0.2) is 4.39 Å². The Bertz CT molecular complexity index is 482. The minimum absolute atomic E-state index is 0.272. The standard InChI is InChI=1S/C17H25ClFN/c1-6-20-14(15-16(2,3)17(15,4)5)9-11-7-8-12(19)10-13(11)18/h7-8,10,14-15,20H,6,9H2,1-5H3. The van der Waals surface area contributed by atoms with Crippen LogP contribution in [0.3, 0.4) is 0 Å². The van der Waals surface area contributed by atoms with Gasteiger partial charge in [-0.15, -0.1) is 0 Å². The lowest BCUT2D eigenvalue weighted by Gasteiger charge is -2.21. The molecule has 1 nitrogen and oxygen atoms in total. The van der Waals surface area contributed by atoms with E-state index in [0.29, 0.717) is 27.8 Å². The number of hydrogen-bond donors (Lipinski definition) is 1. The topological polar surface area (TPSA) is 12.0 Å². The molecule has 1 aliphatic rings. The summed E-state index contributed by atoms with van der Waals surface area (Å²) in [4.78, 5) is 0. The number of hydrogen-bond acceptors (Lipinski definition) is 1. The first-order valence-corrected chi connectivity index (χ1v) is 7.77. The van der Waals surface area contributed by atoms with Crippen LogP contribution in [0, 0.1) is 22.6 Å². The van der Waals surface area contributed by atoms with Crippen LogP contribution in [0.25, 0.3) is 0 Å². The molecule has 0 aromatic heterocycles. The van der Waals surface area contributed by atoms with Crippen molar-refractivity contribution >= 4 is 11.6 Å². The second-order valence-corrected chi connectivity index (χ2v) is 7.43. The zero-order valence-corrected chi connectivity index (χ0v) is 13.8. The van der Waals surface area contributed by atoms with E-state index in [2.05, 4.69) is 39.9 Å². The number of likely N-dealkylation sites (N-methyl/N-ethyl adjacent to an activating group) is 1. The van der Waals surface area contributed by atoms with Crippen LogP contribution in [0.1, 0.15) is 40.2 Å². The number of halogens is 2. The van der Waals surface area contributed by atoms with E-state index in [1.165, 1.54) is 12.1 Å². The molecule has 3 heteroatoms. The lowest BCUT2D eigenvalue weighted by atomic mass is 9.96. The van der Waals surface area contributed by atoms with E-state index in [4.69, 9.17) is 11.6 Å². The van der Waals surface area contributed by atoms with Gasteiger partial charge in [-0.05, 0) is 47.4 Å². The van der Waals surface area contributed by atoms with Crippen molar-refractivity contribution in [2.45, 2.75) is 47.1 Å². The molecule has 2 rings (SSSR count). The van der Waals surface area contributed by atoms with Gasteiger partial charge in [0, 0.05) is 11.1 Å². The normalized spacial score (nSPS) is 21.8. The molecule has 1 aliphatic carbocycles. The summed E-state index contributed by atoms with van der Waals surface area (Å²) in [5.41, 5.74) is 1.68. The first-order valence-electron chi connectivity index (χ1n) is 7.39. The fourth-order valence-corrected chi connectivity index (χ4v) is 3.99. The molecule has 0 spiro atoms. The van der Waals surface area contributed by atoms with Crippen LogP contribution >= 0.6 is 11.6 Å². The van der Waals surface area contributed by atoms with Crippen LogP contribution in [0.15, 0.2) is 18.2 Å². The molecule has 0 saturated heterocycles. The highest BCUT2D eigenvalue weighted by Crippen LogP contribution is 2.69. The van der Waals surface area contributed by atoms with E-state index >= 15 is 0 Å². The molecule has 0 amide bonds. The van der Waals surface area contributed by atoms with Crippen molar-refractivity contribution in [2.24, 2.45) is 16.7 Å². The maximum Gasteiger partial charge on any atom is 0.124 e. The van der Waals surface area contributed by atoms with Crippen LogP contribution in [0.2, 0.25) is 5.02 Å². The van der Waals surface area contributed by atoms with Crippen molar-refractivity contribution in [1.82, 2.24) is 5.32 Å². The third kappa shape index (κ3) is 2.60. The van der Waals surface area contributed by atoms with Gasteiger partial charge in [0.25, 0.3) is 0 Å². The zero-order chi connectivity index (χ0) is 15.1. The molecule has 1 fully saturated rings. The van der Waals surface area contributed by atoms with E-state index in [9.17, 15) is 4.39 Å². The quantitative estimate of drug-likeness (QED) is 0.832. The molecular formula is C17H25ClFN. The van der Waals surface area contributed by atoms with Gasteiger partial charge in [0.1, 0.15) is 5.82 Å². The summed E-state index contributed by atoms with van der Waals surface area (Å²) in [6.45, 7) is 12.4. The molecular weight excluding hydrogens is 273 g/mol.